The zero-order valence-corrected chi connectivity index (χ0v) is 13.7. The highest BCUT2D eigenvalue weighted by molar-refractivity contribution is 5.42. The van der Waals surface area contributed by atoms with Crippen molar-refractivity contribution in [1.82, 2.24) is 19.7 Å². The monoisotopic (exact) mass is 310 g/mol. The van der Waals surface area contributed by atoms with Crippen molar-refractivity contribution in [3.63, 3.8) is 0 Å². The first-order chi connectivity index (χ1) is 11.1. The molecule has 0 aliphatic carbocycles. The third-order valence-corrected chi connectivity index (χ3v) is 3.89. The second-order valence-corrected chi connectivity index (χ2v) is 6.37. The Labute approximate surface area is 136 Å². The first kappa shape index (κ1) is 15.5. The van der Waals surface area contributed by atoms with Crippen molar-refractivity contribution >= 4 is 5.82 Å². The van der Waals surface area contributed by atoms with E-state index >= 15 is 0 Å². The van der Waals surface area contributed by atoms with Crippen LogP contribution in [-0.4, -0.2) is 32.8 Å². The van der Waals surface area contributed by atoms with Crippen molar-refractivity contribution in [2.45, 2.75) is 33.5 Å². The van der Waals surface area contributed by atoms with Crippen molar-refractivity contribution < 1.29 is 0 Å². The molecule has 0 fully saturated rings. The number of nitrogens with zero attached hydrogens (tertiary/aromatic N) is 5. The van der Waals surface area contributed by atoms with E-state index < -0.39 is 0 Å². The lowest BCUT2D eigenvalue weighted by Crippen LogP contribution is -2.36. The van der Waals surface area contributed by atoms with Gasteiger partial charge in [-0.25, -0.2) is 4.98 Å². The Hall–Kier alpha value is -2.39. The van der Waals surface area contributed by atoms with Gasteiger partial charge in [0.15, 0.2) is 0 Å². The van der Waals surface area contributed by atoms with E-state index in [1.54, 1.807) is 18.3 Å². The molecule has 120 valence electrons. The van der Waals surface area contributed by atoms with Crippen molar-refractivity contribution in [3.05, 3.63) is 41.3 Å². The van der Waals surface area contributed by atoms with Gasteiger partial charge in [-0.2, -0.15) is 10.4 Å². The molecule has 0 unspecified atom stereocenters. The van der Waals surface area contributed by atoms with Gasteiger partial charge < -0.3 is 5.32 Å². The molecule has 0 radical (unpaired) electrons. The van der Waals surface area contributed by atoms with Crippen LogP contribution in [0.25, 0.3) is 0 Å². The molecule has 0 amide bonds. The van der Waals surface area contributed by atoms with E-state index in [2.05, 4.69) is 51.0 Å². The van der Waals surface area contributed by atoms with E-state index in [1.165, 1.54) is 5.69 Å². The summed E-state index contributed by atoms with van der Waals surface area (Å²) in [6.07, 6.45) is 1.64. The number of rotatable bonds is 5. The van der Waals surface area contributed by atoms with Gasteiger partial charge in [-0.3, -0.25) is 9.58 Å². The molecule has 0 spiro atoms. The van der Waals surface area contributed by atoms with Gasteiger partial charge >= 0.3 is 0 Å². The normalized spacial score (nSPS) is 14.5. The molecule has 1 N–H and O–H groups in total. The van der Waals surface area contributed by atoms with Crippen LogP contribution < -0.4 is 5.32 Å². The summed E-state index contributed by atoms with van der Waals surface area (Å²) in [5, 5.41) is 16.8. The predicted molar refractivity (Wildman–Crippen MR) is 88.6 cm³/mol. The van der Waals surface area contributed by atoms with Crippen LogP contribution in [0.4, 0.5) is 5.82 Å². The van der Waals surface area contributed by atoms with Gasteiger partial charge in [-0.1, -0.05) is 13.8 Å². The molecule has 0 saturated heterocycles. The lowest BCUT2D eigenvalue weighted by Gasteiger charge is -2.28. The van der Waals surface area contributed by atoms with Gasteiger partial charge in [0.05, 0.1) is 36.1 Å². The molecular formula is C17H22N6. The third kappa shape index (κ3) is 3.88. The van der Waals surface area contributed by atoms with Gasteiger partial charge in [0.2, 0.25) is 0 Å². The second-order valence-electron chi connectivity index (χ2n) is 6.37. The maximum absolute atomic E-state index is 8.92. The molecule has 0 aromatic carbocycles. The standard InChI is InChI=1S/C17H22N6/c1-13(2)11-22-5-6-23-16(12-22)8-15(21-23)10-20-17-7-14(9-18)3-4-19-17/h3-4,7-8,13H,5-6,10-12H2,1-2H3,(H,19,20). The number of nitriles is 1. The first-order valence-electron chi connectivity index (χ1n) is 8.02. The van der Waals surface area contributed by atoms with Gasteiger partial charge in [0, 0.05) is 25.8 Å². The maximum atomic E-state index is 8.92. The SMILES string of the molecule is CC(C)CN1CCn2nc(CNc3cc(C#N)ccn3)cc2C1. The van der Waals surface area contributed by atoms with Crippen molar-refractivity contribution in [2.24, 2.45) is 5.92 Å². The average molecular weight is 310 g/mol. The molecule has 23 heavy (non-hydrogen) atoms. The Morgan fingerprint density at radius 1 is 1.35 bits per heavy atom. The van der Waals surface area contributed by atoms with Crippen LogP contribution in [0.1, 0.15) is 30.8 Å². The van der Waals surface area contributed by atoms with Gasteiger partial charge in [0.25, 0.3) is 0 Å². The molecule has 2 aromatic heterocycles. The molecule has 1 aliphatic rings. The number of hydrogen-bond acceptors (Lipinski definition) is 5. The zero-order chi connectivity index (χ0) is 16.2. The Bertz CT molecular complexity index is 712. The summed E-state index contributed by atoms with van der Waals surface area (Å²) in [5.74, 6) is 1.39. The lowest BCUT2D eigenvalue weighted by molar-refractivity contribution is 0.192. The van der Waals surface area contributed by atoms with E-state index in [-0.39, 0.29) is 0 Å². The van der Waals surface area contributed by atoms with Gasteiger partial charge in [-0.05, 0) is 24.1 Å². The van der Waals surface area contributed by atoms with Crippen LogP contribution in [0.5, 0.6) is 0 Å². The fraction of sp³-hybridized carbons (Fsp3) is 0.471. The summed E-state index contributed by atoms with van der Waals surface area (Å²) in [6, 6.07) is 7.73. The van der Waals surface area contributed by atoms with Crippen LogP contribution in [0, 0.1) is 17.2 Å². The van der Waals surface area contributed by atoms with E-state index in [4.69, 9.17) is 5.26 Å². The molecule has 3 rings (SSSR count). The minimum absolute atomic E-state index is 0.607. The number of pyridine rings is 1. The molecule has 1 aliphatic heterocycles. The van der Waals surface area contributed by atoms with E-state index in [0.29, 0.717) is 23.8 Å². The highest BCUT2D eigenvalue weighted by Gasteiger charge is 2.18. The van der Waals surface area contributed by atoms with Gasteiger partial charge in [0.1, 0.15) is 5.82 Å². The summed E-state index contributed by atoms with van der Waals surface area (Å²) in [5.41, 5.74) is 2.89. The van der Waals surface area contributed by atoms with Gasteiger partial charge in [-0.15, -0.1) is 0 Å². The summed E-state index contributed by atoms with van der Waals surface area (Å²) in [6.45, 7) is 9.23. The number of fused-ring (bicyclic) bond motifs is 1. The number of anilines is 1. The fourth-order valence-electron chi connectivity index (χ4n) is 2.92. The molecule has 0 bridgehead atoms. The number of hydrogen-bond donors (Lipinski definition) is 1. The minimum atomic E-state index is 0.607. The Morgan fingerprint density at radius 3 is 3.00 bits per heavy atom. The van der Waals surface area contributed by atoms with Crippen LogP contribution >= 0.6 is 0 Å². The largest absolute Gasteiger partial charge is 0.364 e. The molecular weight excluding hydrogens is 288 g/mol. The fourth-order valence-corrected chi connectivity index (χ4v) is 2.92. The molecule has 0 atom stereocenters. The average Bonchev–Trinajstić information content (AvgIpc) is 2.94. The Morgan fingerprint density at radius 2 is 2.22 bits per heavy atom. The minimum Gasteiger partial charge on any atom is -0.364 e. The first-order valence-corrected chi connectivity index (χ1v) is 8.02. The number of nitrogens with one attached hydrogen (secondary N) is 1. The summed E-state index contributed by atoms with van der Waals surface area (Å²) in [7, 11) is 0. The van der Waals surface area contributed by atoms with Crippen LogP contribution in [0.3, 0.4) is 0 Å². The predicted octanol–water partition coefficient (Wildman–Crippen LogP) is 2.23. The summed E-state index contributed by atoms with van der Waals surface area (Å²) >= 11 is 0. The third-order valence-electron chi connectivity index (χ3n) is 3.89. The highest BCUT2D eigenvalue weighted by atomic mass is 15.3. The number of aromatic nitrogens is 3. The van der Waals surface area contributed by atoms with Crippen molar-refractivity contribution in [3.8, 4) is 6.07 Å². The summed E-state index contributed by atoms with van der Waals surface area (Å²) in [4.78, 5) is 6.71. The van der Waals surface area contributed by atoms with E-state index in [0.717, 1.165) is 31.9 Å². The molecule has 6 nitrogen and oxygen atoms in total. The Balaban J connectivity index is 1.62. The van der Waals surface area contributed by atoms with Crippen molar-refractivity contribution in [1.29, 1.82) is 5.26 Å². The summed E-state index contributed by atoms with van der Waals surface area (Å²) < 4.78 is 2.10. The molecule has 6 heteroatoms. The van der Waals surface area contributed by atoms with Crippen LogP contribution in [0.15, 0.2) is 24.4 Å². The molecule has 0 saturated carbocycles. The molecule has 3 heterocycles. The van der Waals surface area contributed by atoms with Crippen molar-refractivity contribution in [2.75, 3.05) is 18.4 Å². The smallest absolute Gasteiger partial charge is 0.127 e. The molecule has 2 aromatic rings. The topological polar surface area (TPSA) is 69.8 Å². The second kappa shape index (κ2) is 6.80. The van der Waals surface area contributed by atoms with E-state index in [9.17, 15) is 0 Å². The highest BCUT2D eigenvalue weighted by Crippen LogP contribution is 2.16. The quantitative estimate of drug-likeness (QED) is 0.917. The lowest BCUT2D eigenvalue weighted by atomic mass is 10.2. The van der Waals surface area contributed by atoms with E-state index in [1.807, 2.05) is 0 Å². The van der Waals surface area contributed by atoms with Crippen LogP contribution in [0.2, 0.25) is 0 Å². The van der Waals surface area contributed by atoms with Crippen LogP contribution in [-0.2, 0) is 19.6 Å². The maximum Gasteiger partial charge on any atom is 0.127 e. The zero-order valence-electron chi connectivity index (χ0n) is 13.7. The Kier molecular flexibility index (Phi) is 4.58.